The molecule has 268 valence electrons. The third kappa shape index (κ3) is 10.6. The number of rotatable bonds is 14. The molecule has 0 bridgehead atoms. The molecule has 0 aromatic heterocycles. The van der Waals surface area contributed by atoms with Crippen molar-refractivity contribution >= 4 is 5.91 Å². The normalized spacial score (nSPS) is 14.3. The minimum absolute atomic E-state index is 0.0870. The highest BCUT2D eigenvalue weighted by Crippen LogP contribution is 2.29. The summed E-state index contributed by atoms with van der Waals surface area (Å²) in [6, 6.07) is 43.3. The van der Waals surface area contributed by atoms with Crippen molar-refractivity contribution in [1.82, 2.24) is 9.80 Å². The summed E-state index contributed by atoms with van der Waals surface area (Å²) in [5.41, 5.74) is 4.58. The fraction of sp³-hybridized carbons (Fsp3) is 0.267. The summed E-state index contributed by atoms with van der Waals surface area (Å²) in [6.45, 7) is 2.35. The number of likely N-dealkylation sites (tertiary alicyclic amines) is 1. The van der Waals surface area contributed by atoms with Gasteiger partial charge < -0.3 is 14.5 Å². The number of allylic oxidation sites excluding steroid dienone is 1. The van der Waals surface area contributed by atoms with E-state index in [2.05, 4.69) is 41.3 Å². The second-order valence-electron chi connectivity index (χ2n) is 13.5. The Morgan fingerprint density at radius 3 is 1.87 bits per heavy atom. The Hall–Kier alpha value is -5.30. The molecule has 7 heteroatoms. The van der Waals surface area contributed by atoms with E-state index in [1.165, 1.54) is 17.7 Å². The van der Waals surface area contributed by atoms with E-state index in [-0.39, 0.29) is 5.91 Å². The van der Waals surface area contributed by atoms with Crippen molar-refractivity contribution < 1.29 is 22.7 Å². The molecule has 1 amide bonds. The molecule has 0 N–H and O–H groups in total. The highest BCUT2D eigenvalue weighted by molar-refractivity contribution is 5.82. The molecule has 0 spiro atoms. The zero-order valence-corrected chi connectivity index (χ0v) is 29.3. The second kappa shape index (κ2) is 17.8. The molecular formula is C45H45F3N2O2. The summed E-state index contributed by atoms with van der Waals surface area (Å²) in [4.78, 5) is 18.7. The number of carbonyl (C=O) groups excluding carboxylic acids is 1. The molecule has 5 aromatic carbocycles. The maximum atomic E-state index is 14.6. The van der Waals surface area contributed by atoms with Gasteiger partial charge in [0.05, 0.1) is 5.56 Å². The zero-order chi connectivity index (χ0) is 36.2. The SMILES string of the molecule is O=C([C@H](Cc1ccccc1)N(C=CCc1ccc(C(F)(F)F)cc1)Cc1ccc(OCc2ccccc2)cc1)N1CCC(Cc2ccccc2)CC1. The first-order valence-corrected chi connectivity index (χ1v) is 18.0. The lowest BCUT2D eigenvalue weighted by Crippen LogP contribution is -2.50. The lowest BCUT2D eigenvalue weighted by molar-refractivity contribution is -0.138. The van der Waals surface area contributed by atoms with Crippen molar-refractivity contribution in [3.63, 3.8) is 0 Å². The molecule has 1 aliphatic heterocycles. The van der Waals surface area contributed by atoms with E-state index in [0.717, 1.165) is 59.4 Å². The van der Waals surface area contributed by atoms with Crippen LogP contribution in [0.3, 0.4) is 0 Å². The van der Waals surface area contributed by atoms with Gasteiger partial charge in [-0.1, -0.05) is 121 Å². The summed E-state index contributed by atoms with van der Waals surface area (Å²) in [7, 11) is 0. The van der Waals surface area contributed by atoms with Crippen LogP contribution in [0.25, 0.3) is 0 Å². The minimum atomic E-state index is -4.38. The number of ether oxygens (including phenoxy) is 1. The molecule has 1 atom stereocenters. The van der Waals surface area contributed by atoms with Crippen molar-refractivity contribution in [1.29, 1.82) is 0 Å². The molecule has 5 aromatic rings. The van der Waals surface area contributed by atoms with E-state index in [1.54, 1.807) is 0 Å². The number of alkyl halides is 3. The number of amides is 1. The average Bonchev–Trinajstić information content (AvgIpc) is 3.17. The van der Waals surface area contributed by atoms with Gasteiger partial charge in [-0.25, -0.2) is 0 Å². The van der Waals surface area contributed by atoms with Crippen LogP contribution in [-0.4, -0.2) is 34.8 Å². The molecule has 0 saturated carbocycles. The first-order chi connectivity index (χ1) is 25.3. The molecule has 0 radical (unpaired) electrons. The molecule has 0 unspecified atom stereocenters. The van der Waals surface area contributed by atoms with Crippen LogP contribution < -0.4 is 4.74 Å². The number of piperidine rings is 1. The van der Waals surface area contributed by atoms with Crippen molar-refractivity contribution in [2.75, 3.05) is 13.1 Å². The van der Waals surface area contributed by atoms with Crippen molar-refractivity contribution in [2.24, 2.45) is 5.92 Å². The molecule has 1 saturated heterocycles. The Kier molecular flexibility index (Phi) is 12.5. The van der Waals surface area contributed by atoms with Crippen molar-refractivity contribution in [3.05, 3.63) is 185 Å². The highest BCUT2D eigenvalue weighted by atomic mass is 19.4. The monoisotopic (exact) mass is 702 g/mol. The molecule has 0 aliphatic carbocycles. The third-order valence-electron chi connectivity index (χ3n) is 9.72. The predicted molar refractivity (Wildman–Crippen MR) is 200 cm³/mol. The van der Waals surface area contributed by atoms with Gasteiger partial charge in [0, 0.05) is 26.1 Å². The van der Waals surface area contributed by atoms with Crippen LogP contribution in [-0.2, 0) is 43.4 Å². The average molecular weight is 703 g/mol. The van der Waals surface area contributed by atoms with Gasteiger partial charge in [0.1, 0.15) is 18.4 Å². The molecule has 1 heterocycles. The Bertz CT molecular complexity index is 1840. The van der Waals surface area contributed by atoms with E-state index in [9.17, 15) is 18.0 Å². The first kappa shape index (κ1) is 36.5. The van der Waals surface area contributed by atoms with Crippen LogP contribution in [0.1, 0.15) is 46.2 Å². The number of nitrogens with zero attached hydrogens (tertiary/aromatic N) is 2. The molecular weight excluding hydrogens is 658 g/mol. The Labute approximate surface area is 305 Å². The number of halogens is 3. The van der Waals surface area contributed by atoms with E-state index in [0.29, 0.717) is 45.0 Å². The quantitative estimate of drug-likeness (QED) is 0.116. The van der Waals surface area contributed by atoms with Gasteiger partial charge in [-0.3, -0.25) is 4.79 Å². The summed E-state index contributed by atoms with van der Waals surface area (Å²) >= 11 is 0. The van der Waals surface area contributed by atoms with Gasteiger partial charge in [-0.15, -0.1) is 0 Å². The smallest absolute Gasteiger partial charge is 0.416 e. The maximum Gasteiger partial charge on any atom is 0.416 e. The summed E-state index contributed by atoms with van der Waals surface area (Å²) in [5.74, 6) is 1.37. The Balaban J connectivity index is 1.21. The largest absolute Gasteiger partial charge is 0.489 e. The minimum Gasteiger partial charge on any atom is -0.489 e. The van der Waals surface area contributed by atoms with Crippen LogP contribution in [0.5, 0.6) is 5.75 Å². The number of hydrogen-bond donors (Lipinski definition) is 0. The molecule has 6 rings (SSSR count). The highest BCUT2D eigenvalue weighted by Gasteiger charge is 2.32. The van der Waals surface area contributed by atoms with E-state index in [1.807, 2.05) is 96.0 Å². The lowest BCUT2D eigenvalue weighted by atomic mass is 9.89. The van der Waals surface area contributed by atoms with Gasteiger partial charge in [0.2, 0.25) is 5.91 Å². The van der Waals surface area contributed by atoms with Crippen LogP contribution in [0.4, 0.5) is 13.2 Å². The Morgan fingerprint density at radius 2 is 1.27 bits per heavy atom. The number of carbonyl (C=O) groups is 1. The Morgan fingerprint density at radius 1 is 0.712 bits per heavy atom. The van der Waals surface area contributed by atoms with Gasteiger partial charge in [-0.05, 0) is 89.9 Å². The fourth-order valence-electron chi connectivity index (χ4n) is 6.76. The topological polar surface area (TPSA) is 32.8 Å². The van der Waals surface area contributed by atoms with E-state index in [4.69, 9.17) is 4.74 Å². The predicted octanol–water partition coefficient (Wildman–Crippen LogP) is 9.94. The molecule has 52 heavy (non-hydrogen) atoms. The number of hydrogen-bond acceptors (Lipinski definition) is 3. The maximum absolute atomic E-state index is 14.6. The summed E-state index contributed by atoms with van der Waals surface area (Å²) < 4.78 is 45.6. The zero-order valence-electron chi connectivity index (χ0n) is 29.3. The standard InChI is InChI=1S/C45H45F3N2O2/c46-45(47,48)41-22-18-35(19-23-41)17-10-28-50(33-39-20-24-42(25-21-39)52-34-40-15-8-3-9-16-40)43(32-37-13-6-2-7-14-37)44(51)49-29-26-38(27-30-49)31-36-11-4-1-5-12-36/h1-16,18-25,28,38,43H,17,26-27,29-34H2/t43-/m0/s1. The van der Waals surface area contributed by atoms with E-state index < -0.39 is 17.8 Å². The van der Waals surface area contributed by atoms with Crippen LogP contribution in [0.2, 0.25) is 0 Å². The molecule has 4 nitrogen and oxygen atoms in total. The van der Waals surface area contributed by atoms with E-state index >= 15 is 0 Å². The third-order valence-corrected chi connectivity index (χ3v) is 9.72. The first-order valence-electron chi connectivity index (χ1n) is 18.0. The molecule has 1 fully saturated rings. The number of benzene rings is 5. The van der Waals surface area contributed by atoms with Gasteiger partial charge in [0.15, 0.2) is 0 Å². The van der Waals surface area contributed by atoms with Gasteiger partial charge >= 0.3 is 6.18 Å². The lowest BCUT2D eigenvalue weighted by Gasteiger charge is -2.38. The summed E-state index contributed by atoms with van der Waals surface area (Å²) in [5, 5.41) is 0. The second-order valence-corrected chi connectivity index (χ2v) is 13.5. The van der Waals surface area contributed by atoms with Crippen molar-refractivity contribution in [2.45, 2.75) is 57.5 Å². The van der Waals surface area contributed by atoms with Crippen molar-refractivity contribution in [3.8, 4) is 5.75 Å². The van der Waals surface area contributed by atoms with Gasteiger partial charge in [-0.2, -0.15) is 13.2 Å². The van der Waals surface area contributed by atoms with Crippen LogP contribution in [0.15, 0.2) is 152 Å². The van der Waals surface area contributed by atoms with Crippen LogP contribution >= 0.6 is 0 Å². The van der Waals surface area contributed by atoms with Crippen LogP contribution in [0, 0.1) is 5.92 Å². The summed E-state index contributed by atoms with van der Waals surface area (Å²) in [6.07, 6.45) is 3.38. The molecule has 1 aliphatic rings. The van der Waals surface area contributed by atoms with Gasteiger partial charge in [0.25, 0.3) is 0 Å². The fourth-order valence-corrected chi connectivity index (χ4v) is 6.76.